The molecule has 11 heteroatoms. The lowest BCUT2D eigenvalue weighted by Gasteiger charge is -2.47. The van der Waals surface area contributed by atoms with Crippen molar-refractivity contribution in [3.8, 4) is 0 Å². The van der Waals surface area contributed by atoms with Gasteiger partial charge in [0, 0.05) is 49.8 Å². The Kier molecular flexibility index (Phi) is 12.3. The maximum absolute atomic E-state index is 14.4. The Morgan fingerprint density at radius 2 is 1.85 bits per heavy atom. The summed E-state index contributed by atoms with van der Waals surface area (Å²) in [5.74, 6) is 0.489. The van der Waals surface area contributed by atoms with E-state index in [1.807, 2.05) is 13.8 Å². The quantitative estimate of drug-likeness (QED) is 0.247. The predicted octanol–water partition coefficient (Wildman–Crippen LogP) is 5.59. The molecule has 3 rings (SSSR count). The summed E-state index contributed by atoms with van der Waals surface area (Å²) in [5, 5.41) is 0.644. The summed E-state index contributed by atoms with van der Waals surface area (Å²) in [5.41, 5.74) is 0.557. The molecule has 2 aliphatic rings. The van der Waals surface area contributed by atoms with Gasteiger partial charge >= 0.3 is 0 Å². The standard InChI is InChI=1S/C29H42Cl2FN7O/c1-7-22(30)16-25(32)20(4)17-36-12-10-24(11-13-36)39-15-14-37(18-23(39)8-2)19-26(31)35-27-28(33-6)34-21(5)38(9-3)29(27)40/h7,16,23-24H,1,6,8-15,17-19H2,2-5H3/b22-16+,25-20-,35-26?. The molecule has 0 N–H and O–H groups in total. The average Bonchev–Trinajstić information content (AvgIpc) is 2.94. The summed E-state index contributed by atoms with van der Waals surface area (Å²) in [4.78, 5) is 32.9. The van der Waals surface area contributed by atoms with E-state index >= 15 is 0 Å². The van der Waals surface area contributed by atoms with Crippen molar-refractivity contribution in [2.45, 2.75) is 65.6 Å². The minimum atomic E-state index is -0.289. The molecule has 0 amide bonds. The molecular formula is C29H42Cl2FN7O. The van der Waals surface area contributed by atoms with Crippen LogP contribution >= 0.6 is 23.2 Å². The Labute approximate surface area is 247 Å². The molecule has 1 unspecified atom stereocenters. The average molecular weight is 595 g/mol. The molecule has 40 heavy (non-hydrogen) atoms. The number of allylic oxidation sites excluding steroid dienone is 4. The molecule has 1 atom stereocenters. The van der Waals surface area contributed by atoms with Crippen LogP contribution in [0.4, 0.5) is 15.9 Å². The SMILES string of the molecule is C=C/C(Cl)=C\C(F)=C(/C)CN1CCC(N2CCN(CC(Cl)=Nc3c(N=C)nc(C)n(CC)c3=O)CC2CC)CC1. The van der Waals surface area contributed by atoms with E-state index in [9.17, 15) is 9.18 Å². The van der Waals surface area contributed by atoms with Crippen LogP contribution in [0.15, 0.2) is 49.9 Å². The van der Waals surface area contributed by atoms with Crippen LogP contribution in [0, 0.1) is 6.92 Å². The molecule has 2 fully saturated rings. The highest BCUT2D eigenvalue weighted by Crippen LogP contribution is 2.26. The second-order valence-corrected chi connectivity index (χ2v) is 11.3. The maximum Gasteiger partial charge on any atom is 0.281 e. The number of likely N-dealkylation sites (tertiary alicyclic amines) is 1. The number of rotatable bonds is 11. The summed E-state index contributed by atoms with van der Waals surface area (Å²) < 4.78 is 16.0. The van der Waals surface area contributed by atoms with Crippen molar-refractivity contribution in [1.82, 2.24) is 24.3 Å². The Morgan fingerprint density at radius 1 is 1.15 bits per heavy atom. The Bertz CT molecular complexity index is 1220. The number of aliphatic imine (C=N–C) groups is 2. The Morgan fingerprint density at radius 3 is 2.45 bits per heavy atom. The van der Waals surface area contributed by atoms with Crippen molar-refractivity contribution in [1.29, 1.82) is 0 Å². The Balaban J connectivity index is 1.59. The molecule has 0 bridgehead atoms. The molecule has 0 aliphatic carbocycles. The van der Waals surface area contributed by atoms with Gasteiger partial charge in [-0.25, -0.2) is 19.4 Å². The highest BCUT2D eigenvalue weighted by Gasteiger charge is 2.33. The Hall–Kier alpha value is -2.17. The number of hydrogen-bond donors (Lipinski definition) is 0. The largest absolute Gasteiger partial charge is 0.299 e. The molecule has 2 aliphatic heterocycles. The molecule has 0 aromatic carbocycles. The van der Waals surface area contributed by atoms with Crippen LogP contribution in [0.3, 0.4) is 0 Å². The van der Waals surface area contributed by atoms with Crippen molar-refractivity contribution < 1.29 is 4.39 Å². The number of aryl methyl sites for hydroxylation is 1. The highest BCUT2D eigenvalue weighted by molar-refractivity contribution is 6.66. The van der Waals surface area contributed by atoms with Crippen LogP contribution in [-0.4, -0.2) is 94.0 Å². The first-order valence-electron chi connectivity index (χ1n) is 14.0. The summed E-state index contributed by atoms with van der Waals surface area (Å²) >= 11 is 12.5. The van der Waals surface area contributed by atoms with Gasteiger partial charge in [0.05, 0.1) is 6.54 Å². The van der Waals surface area contributed by atoms with Gasteiger partial charge in [0.2, 0.25) is 0 Å². The third-order valence-corrected chi connectivity index (χ3v) is 8.28. The van der Waals surface area contributed by atoms with Crippen LogP contribution in [0.1, 0.15) is 45.9 Å². The number of hydrogen-bond acceptors (Lipinski definition) is 7. The number of halogens is 3. The van der Waals surface area contributed by atoms with E-state index in [0.717, 1.165) is 52.0 Å². The molecule has 8 nitrogen and oxygen atoms in total. The number of piperidine rings is 1. The smallest absolute Gasteiger partial charge is 0.281 e. The first kappa shape index (κ1) is 32.3. The van der Waals surface area contributed by atoms with Gasteiger partial charge in [-0.15, -0.1) is 0 Å². The van der Waals surface area contributed by atoms with Crippen molar-refractivity contribution in [2.75, 3.05) is 45.8 Å². The molecule has 0 radical (unpaired) electrons. The van der Waals surface area contributed by atoms with Crippen LogP contribution in [0.5, 0.6) is 0 Å². The van der Waals surface area contributed by atoms with Crippen LogP contribution in [0.25, 0.3) is 0 Å². The molecular weight excluding hydrogens is 552 g/mol. The summed E-state index contributed by atoms with van der Waals surface area (Å²) in [6, 6.07) is 0.910. The zero-order chi connectivity index (χ0) is 29.4. The van der Waals surface area contributed by atoms with E-state index in [2.05, 4.69) is 49.9 Å². The van der Waals surface area contributed by atoms with E-state index in [0.29, 0.717) is 53.3 Å². The number of piperazine rings is 1. The predicted molar refractivity (Wildman–Crippen MR) is 166 cm³/mol. The first-order valence-corrected chi connectivity index (χ1v) is 14.7. The molecule has 0 saturated carbocycles. The fourth-order valence-corrected chi connectivity index (χ4v) is 5.95. The third kappa shape index (κ3) is 8.19. The zero-order valence-corrected chi connectivity index (χ0v) is 25.7. The van der Waals surface area contributed by atoms with Crippen molar-refractivity contribution in [3.63, 3.8) is 0 Å². The fourth-order valence-electron chi connectivity index (χ4n) is 5.60. The second-order valence-electron chi connectivity index (χ2n) is 10.4. The second kappa shape index (κ2) is 15.2. The van der Waals surface area contributed by atoms with Crippen molar-refractivity contribution in [2.24, 2.45) is 9.98 Å². The number of nitrogens with zero attached hydrogens (tertiary/aromatic N) is 7. The van der Waals surface area contributed by atoms with E-state index in [1.54, 1.807) is 11.5 Å². The first-order chi connectivity index (χ1) is 19.1. The monoisotopic (exact) mass is 593 g/mol. The van der Waals surface area contributed by atoms with E-state index < -0.39 is 0 Å². The van der Waals surface area contributed by atoms with E-state index in [-0.39, 0.29) is 22.9 Å². The third-order valence-electron chi connectivity index (χ3n) is 7.81. The zero-order valence-electron chi connectivity index (χ0n) is 24.2. The molecule has 0 spiro atoms. The molecule has 1 aromatic heterocycles. The minimum Gasteiger partial charge on any atom is -0.299 e. The van der Waals surface area contributed by atoms with Gasteiger partial charge in [-0.3, -0.25) is 24.1 Å². The molecule has 220 valence electrons. The fraction of sp³-hybridized carbons (Fsp3) is 0.586. The van der Waals surface area contributed by atoms with Crippen LogP contribution in [0.2, 0.25) is 0 Å². The van der Waals surface area contributed by atoms with Crippen LogP contribution < -0.4 is 5.56 Å². The van der Waals surface area contributed by atoms with Gasteiger partial charge in [0.15, 0.2) is 11.5 Å². The van der Waals surface area contributed by atoms with Crippen molar-refractivity contribution in [3.05, 3.63) is 51.3 Å². The molecule has 3 heterocycles. The topological polar surface area (TPSA) is 69.3 Å². The summed E-state index contributed by atoms with van der Waals surface area (Å²) in [6.07, 6.45) is 5.90. The van der Waals surface area contributed by atoms with Gasteiger partial charge in [0.25, 0.3) is 5.56 Å². The van der Waals surface area contributed by atoms with E-state index in [1.165, 1.54) is 12.2 Å². The lowest BCUT2D eigenvalue weighted by molar-refractivity contribution is 0.0197. The summed E-state index contributed by atoms with van der Waals surface area (Å²) in [7, 11) is 0. The van der Waals surface area contributed by atoms with Gasteiger partial charge in [-0.2, -0.15) is 0 Å². The van der Waals surface area contributed by atoms with Gasteiger partial charge in [-0.05, 0) is 71.5 Å². The van der Waals surface area contributed by atoms with Crippen LogP contribution in [-0.2, 0) is 6.54 Å². The molecule has 2 saturated heterocycles. The van der Waals surface area contributed by atoms with E-state index in [4.69, 9.17) is 23.2 Å². The lowest BCUT2D eigenvalue weighted by Crippen LogP contribution is -2.58. The number of aromatic nitrogens is 2. The lowest BCUT2D eigenvalue weighted by atomic mass is 9.98. The normalized spacial score (nSPS) is 21.4. The van der Waals surface area contributed by atoms with Gasteiger partial charge in [-0.1, -0.05) is 42.8 Å². The highest BCUT2D eigenvalue weighted by atomic mass is 35.5. The minimum absolute atomic E-state index is 0.134. The molecule has 1 aromatic rings. The van der Waals surface area contributed by atoms with Crippen molar-refractivity contribution >= 4 is 46.6 Å². The summed E-state index contributed by atoms with van der Waals surface area (Å²) in [6.45, 7) is 20.9. The van der Waals surface area contributed by atoms with Gasteiger partial charge < -0.3 is 0 Å². The van der Waals surface area contributed by atoms with Gasteiger partial charge in [0.1, 0.15) is 16.8 Å². The maximum atomic E-state index is 14.4.